The molecule has 1 nitrogen and oxygen atoms in total. The molecule has 0 radical (unpaired) electrons. The van der Waals surface area contributed by atoms with Crippen LogP contribution in [0.2, 0.25) is 0 Å². The van der Waals surface area contributed by atoms with E-state index in [2.05, 4.69) is 0 Å². The van der Waals surface area contributed by atoms with Crippen molar-refractivity contribution in [3.8, 4) is 0 Å². The first-order valence-corrected chi connectivity index (χ1v) is 4.64. The van der Waals surface area contributed by atoms with E-state index in [0.717, 1.165) is 6.29 Å². The van der Waals surface area contributed by atoms with Gasteiger partial charge in [-0.1, -0.05) is 28.2 Å². The monoisotopic (exact) mass is 403 g/mol. The standard InChI is InChI=1S/C5H10O.CH4.3BF4.K.H/c1-5(2,3)4-6;;3*2-1(3,4)5;;/h4H,1-3H3;1H4;;;;;/q;;3*-1;;. The molecular weight excluding hydrogens is 388 g/mol. The van der Waals surface area contributed by atoms with Gasteiger partial charge in [0.2, 0.25) is 0 Å². The number of rotatable bonds is 0. The second-order valence-corrected chi connectivity index (χ2v) is 3.97. The molecule has 0 aliphatic heterocycles. The Balaban J connectivity index is -0.0000000408. The van der Waals surface area contributed by atoms with Crippen molar-refractivity contribution < 1.29 is 56.6 Å². The van der Waals surface area contributed by atoms with Crippen LogP contribution in [0.4, 0.5) is 51.8 Å². The average Bonchev–Trinajstić information content (AvgIpc) is 1.91. The van der Waals surface area contributed by atoms with Gasteiger partial charge in [-0.3, -0.25) is 0 Å². The Morgan fingerprint density at radius 1 is 0.609 bits per heavy atom. The Kier molecular flexibility index (Phi) is 27.3. The quantitative estimate of drug-likeness (QED) is 0.312. The first kappa shape index (κ1) is 39.0. The molecule has 0 aliphatic rings. The van der Waals surface area contributed by atoms with Crippen LogP contribution in [0.25, 0.3) is 0 Å². The number of hydrogen-bond acceptors (Lipinski definition) is 1. The molecule has 0 rings (SSSR count). The molecule has 0 saturated carbocycles. The van der Waals surface area contributed by atoms with Crippen molar-refractivity contribution >= 4 is 79.4 Å². The van der Waals surface area contributed by atoms with Gasteiger partial charge in [-0.05, 0) is 0 Å². The second kappa shape index (κ2) is 16.1. The summed E-state index contributed by atoms with van der Waals surface area (Å²) >= 11 is 0. The van der Waals surface area contributed by atoms with E-state index in [-0.39, 0.29) is 64.2 Å². The fourth-order valence-electron chi connectivity index (χ4n) is 0. The molecule has 0 bridgehead atoms. The Morgan fingerprint density at radius 2 is 0.652 bits per heavy atom. The van der Waals surface area contributed by atoms with Gasteiger partial charge >= 0.3 is 73.1 Å². The van der Waals surface area contributed by atoms with Crippen molar-refractivity contribution in [2.75, 3.05) is 0 Å². The fraction of sp³-hybridized carbons (Fsp3) is 0.833. The Bertz CT molecular complexity index is 211. The topological polar surface area (TPSA) is 17.1 Å². The maximum absolute atomic E-state index is 9.83. The molecule has 0 heterocycles. The summed E-state index contributed by atoms with van der Waals surface area (Å²) in [6, 6.07) is 0. The van der Waals surface area contributed by atoms with Crippen molar-refractivity contribution in [3.05, 3.63) is 0 Å². The minimum atomic E-state index is -6.00. The molecule has 0 unspecified atom stereocenters. The molecule has 0 amide bonds. The number of halogens is 12. The van der Waals surface area contributed by atoms with Crippen LogP contribution in [0, 0.1) is 5.41 Å². The van der Waals surface area contributed by atoms with Crippen LogP contribution < -0.4 is 0 Å². The van der Waals surface area contributed by atoms with E-state index in [1.807, 2.05) is 20.8 Å². The van der Waals surface area contributed by atoms with Crippen LogP contribution >= 0.6 is 0 Å². The Morgan fingerprint density at radius 3 is 0.652 bits per heavy atom. The van der Waals surface area contributed by atoms with Gasteiger partial charge in [0.05, 0.1) is 0 Å². The zero-order valence-electron chi connectivity index (χ0n) is 10.8. The molecule has 0 N–H and O–H groups in total. The molecule has 0 spiro atoms. The zero-order chi connectivity index (χ0) is 18.7. The van der Waals surface area contributed by atoms with Crippen LogP contribution in [0.3, 0.4) is 0 Å². The molecule has 0 aromatic heterocycles. The predicted molar refractivity (Wildman–Crippen MR) is 70.0 cm³/mol. The van der Waals surface area contributed by atoms with Crippen molar-refractivity contribution in [3.63, 3.8) is 0 Å². The number of carbonyl (C=O) groups excluding carboxylic acids is 1. The van der Waals surface area contributed by atoms with Crippen LogP contribution in [0.1, 0.15) is 28.2 Å². The van der Waals surface area contributed by atoms with Gasteiger partial charge in [0.15, 0.2) is 0 Å². The van der Waals surface area contributed by atoms with Crippen LogP contribution in [-0.2, 0) is 4.79 Å². The molecule has 0 aromatic carbocycles. The average molecular weight is 403 g/mol. The Hall–Kier alpha value is 0.661. The van der Waals surface area contributed by atoms with Gasteiger partial charge < -0.3 is 56.6 Å². The first-order valence-electron chi connectivity index (χ1n) is 4.64. The third-order valence-electron chi connectivity index (χ3n) is 0.354. The molecule has 0 saturated heterocycles. The first-order chi connectivity index (χ1) is 8.56. The molecule has 0 atom stereocenters. The summed E-state index contributed by atoms with van der Waals surface area (Å²) in [7, 11) is -18.0. The van der Waals surface area contributed by atoms with E-state index >= 15 is 0 Å². The third-order valence-corrected chi connectivity index (χ3v) is 0.354. The fourth-order valence-corrected chi connectivity index (χ4v) is 0. The van der Waals surface area contributed by atoms with E-state index in [1.165, 1.54) is 0 Å². The van der Waals surface area contributed by atoms with Gasteiger partial charge in [-0.2, -0.15) is 0 Å². The van der Waals surface area contributed by atoms with Crippen molar-refractivity contribution in [1.29, 1.82) is 0 Å². The second-order valence-electron chi connectivity index (χ2n) is 3.97. The summed E-state index contributed by atoms with van der Waals surface area (Å²) in [5, 5.41) is 0. The number of aldehydes is 1. The summed E-state index contributed by atoms with van der Waals surface area (Å²) in [6.45, 7) is 5.62. The van der Waals surface area contributed by atoms with Gasteiger partial charge in [0, 0.05) is 5.41 Å². The maximum atomic E-state index is 9.83. The number of hydrogen-bond donors (Lipinski definition) is 0. The van der Waals surface area contributed by atoms with E-state index in [1.54, 1.807) is 0 Å². The molecule has 0 fully saturated rings. The third kappa shape index (κ3) is 722. The van der Waals surface area contributed by atoms with Gasteiger partial charge in [-0.25, -0.2) is 0 Å². The van der Waals surface area contributed by atoms with E-state index in [9.17, 15) is 56.6 Å². The van der Waals surface area contributed by atoms with Crippen LogP contribution in [-0.4, -0.2) is 79.4 Å². The SMILES string of the molecule is C.CC(C)(C)C=O.F[B-](F)(F)F.F[B-](F)(F)F.F[B-](F)(F)F.[KH]. The number of carbonyl (C=O) groups is 1. The predicted octanol–water partition coefficient (Wildman–Crippen LogP) is 5.12. The van der Waals surface area contributed by atoms with E-state index < -0.39 is 21.8 Å². The molecule has 0 aromatic rings. The van der Waals surface area contributed by atoms with E-state index in [4.69, 9.17) is 0 Å². The van der Waals surface area contributed by atoms with Crippen molar-refractivity contribution in [2.24, 2.45) is 5.41 Å². The molecule has 17 heteroatoms. The van der Waals surface area contributed by atoms with Crippen LogP contribution in [0.5, 0.6) is 0 Å². The molecule has 23 heavy (non-hydrogen) atoms. The van der Waals surface area contributed by atoms with Gasteiger partial charge in [-0.15, -0.1) is 0 Å². The summed E-state index contributed by atoms with van der Waals surface area (Å²) in [5.41, 5.74) is -0.139. The van der Waals surface area contributed by atoms with E-state index in [0.29, 0.717) is 0 Å². The summed E-state index contributed by atoms with van der Waals surface area (Å²) in [5.74, 6) is 0. The van der Waals surface area contributed by atoms with Gasteiger partial charge in [0.1, 0.15) is 6.29 Å². The zero-order valence-corrected chi connectivity index (χ0v) is 10.8. The van der Waals surface area contributed by atoms with Crippen LogP contribution in [0.15, 0.2) is 0 Å². The van der Waals surface area contributed by atoms with Crippen molar-refractivity contribution in [2.45, 2.75) is 28.2 Å². The molecule has 142 valence electrons. The molecular formula is C6H15B3F12KO-3. The Labute approximate surface area is 168 Å². The minimum absolute atomic E-state index is 0. The van der Waals surface area contributed by atoms with Gasteiger partial charge in [0.25, 0.3) is 0 Å². The summed E-state index contributed by atoms with van der Waals surface area (Å²) < 4.78 is 117. The summed E-state index contributed by atoms with van der Waals surface area (Å²) in [4.78, 5) is 9.83. The van der Waals surface area contributed by atoms with Crippen molar-refractivity contribution in [1.82, 2.24) is 0 Å². The normalized spacial score (nSPS) is 10.7. The summed E-state index contributed by atoms with van der Waals surface area (Å²) in [6.07, 6.45) is 0.938. The molecule has 0 aliphatic carbocycles.